The Morgan fingerprint density at radius 3 is 2.53 bits per heavy atom. The summed E-state index contributed by atoms with van der Waals surface area (Å²) in [6.07, 6.45) is -2.69. The van der Waals surface area contributed by atoms with Crippen LogP contribution in [0.3, 0.4) is 0 Å². The van der Waals surface area contributed by atoms with Crippen LogP contribution in [-0.4, -0.2) is 10.1 Å². The molecule has 1 fully saturated rings. The van der Waals surface area contributed by atoms with Crippen molar-refractivity contribution < 1.29 is 18.3 Å². The average molecular weight is 266 g/mol. The number of aliphatic hydroxyl groups is 1. The molecule has 2 nitrogen and oxygen atoms in total. The average Bonchev–Trinajstić information content (AvgIpc) is 2.99. The second-order valence-electron chi connectivity index (χ2n) is 4.27. The molecule has 1 aliphatic carbocycles. The summed E-state index contributed by atoms with van der Waals surface area (Å²) >= 11 is 5.66. The zero-order valence-corrected chi connectivity index (χ0v) is 9.59. The number of halogens is 4. The Morgan fingerprint density at radius 1 is 1.41 bits per heavy atom. The first-order valence-electron chi connectivity index (χ1n) is 5.29. The van der Waals surface area contributed by atoms with Crippen LogP contribution in [0.15, 0.2) is 12.1 Å². The number of hydrogen-bond donors (Lipinski definition) is 1. The molecule has 1 N–H and O–H groups in total. The zero-order valence-electron chi connectivity index (χ0n) is 8.84. The van der Waals surface area contributed by atoms with Gasteiger partial charge in [-0.15, -0.1) is 0 Å². The maximum absolute atomic E-state index is 12.3. The van der Waals surface area contributed by atoms with Crippen molar-refractivity contribution in [3.05, 3.63) is 28.5 Å². The lowest BCUT2D eigenvalue weighted by atomic mass is 10.1. The molecule has 1 saturated carbocycles. The highest BCUT2D eigenvalue weighted by Crippen LogP contribution is 2.39. The molecule has 6 heteroatoms. The fraction of sp³-hybridized carbons (Fsp3) is 0.545. The van der Waals surface area contributed by atoms with Crippen LogP contribution in [0.25, 0.3) is 0 Å². The van der Waals surface area contributed by atoms with E-state index in [9.17, 15) is 18.3 Å². The Bertz CT molecular complexity index is 418. The molecule has 1 aromatic rings. The monoisotopic (exact) mass is 265 g/mol. The third-order valence-corrected chi connectivity index (χ3v) is 3.08. The Balaban J connectivity index is 2.18. The normalized spacial score (nSPS) is 18.2. The van der Waals surface area contributed by atoms with E-state index >= 15 is 0 Å². The standard InChI is InChI=1S/C11H11ClF3NO/c12-10-7(8(17)5-6-1-2-6)3-4-9(16-10)11(13,14)15/h3-4,6,8,17H,1-2,5H2. The minimum Gasteiger partial charge on any atom is -0.388 e. The van der Waals surface area contributed by atoms with E-state index in [2.05, 4.69) is 4.98 Å². The van der Waals surface area contributed by atoms with E-state index in [4.69, 9.17) is 11.6 Å². The predicted molar refractivity (Wildman–Crippen MR) is 56.5 cm³/mol. The topological polar surface area (TPSA) is 33.1 Å². The highest BCUT2D eigenvalue weighted by atomic mass is 35.5. The van der Waals surface area contributed by atoms with Crippen molar-refractivity contribution in [1.82, 2.24) is 4.98 Å². The number of rotatable bonds is 3. The van der Waals surface area contributed by atoms with Crippen LogP contribution in [-0.2, 0) is 6.18 Å². The number of pyridine rings is 1. The maximum atomic E-state index is 12.3. The first-order chi connectivity index (χ1) is 7.88. The Hall–Kier alpha value is -0.810. The van der Waals surface area contributed by atoms with Gasteiger partial charge in [0.05, 0.1) is 6.10 Å². The molecule has 2 rings (SSSR count). The molecule has 1 aliphatic rings. The van der Waals surface area contributed by atoms with Crippen molar-refractivity contribution in [3.63, 3.8) is 0 Å². The minimum absolute atomic E-state index is 0.270. The molecule has 0 aliphatic heterocycles. The van der Waals surface area contributed by atoms with E-state index in [1.165, 1.54) is 6.07 Å². The second kappa shape index (κ2) is 4.46. The lowest BCUT2D eigenvalue weighted by Gasteiger charge is -2.13. The molecular weight excluding hydrogens is 255 g/mol. The van der Waals surface area contributed by atoms with Crippen molar-refractivity contribution in [3.8, 4) is 0 Å². The van der Waals surface area contributed by atoms with Crippen molar-refractivity contribution in [2.45, 2.75) is 31.5 Å². The van der Waals surface area contributed by atoms with E-state index in [0.29, 0.717) is 12.3 Å². The van der Waals surface area contributed by atoms with Gasteiger partial charge in [0.25, 0.3) is 0 Å². The first kappa shape index (κ1) is 12.6. The summed E-state index contributed by atoms with van der Waals surface area (Å²) in [4.78, 5) is 3.27. The summed E-state index contributed by atoms with van der Waals surface area (Å²) in [6.45, 7) is 0. The van der Waals surface area contributed by atoms with Gasteiger partial charge in [-0.3, -0.25) is 0 Å². The largest absolute Gasteiger partial charge is 0.433 e. The van der Waals surface area contributed by atoms with E-state index in [0.717, 1.165) is 18.9 Å². The van der Waals surface area contributed by atoms with Crippen molar-refractivity contribution in [2.75, 3.05) is 0 Å². The molecule has 1 aromatic heterocycles. The van der Waals surface area contributed by atoms with Crippen LogP contribution >= 0.6 is 11.6 Å². The maximum Gasteiger partial charge on any atom is 0.433 e. The van der Waals surface area contributed by atoms with Gasteiger partial charge in [-0.1, -0.05) is 30.5 Å². The molecule has 94 valence electrons. The summed E-state index contributed by atoms with van der Waals surface area (Å²) in [5.74, 6) is 0.461. The van der Waals surface area contributed by atoms with Crippen LogP contribution in [0.5, 0.6) is 0 Å². The van der Waals surface area contributed by atoms with Crippen LogP contribution in [0.4, 0.5) is 13.2 Å². The van der Waals surface area contributed by atoms with Gasteiger partial charge in [0.15, 0.2) is 0 Å². The third-order valence-electron chi connectivity index (χ3n) is 2.78. The molecule has 1 heterocycles. The molecule has 0 bridgehead atoms. The van der Waals surface area contributed by atoms with E-state index in [1.54, 1.807) is 0 Å². The van der Waals surface area contributed by atoms with Crippen LogP contribution in [0.2, 0.25) is 5.15 Å². The SMILES string of the molecule is OC(CC1CC1)c1ccc(C(F)(F)F)nc1Cl. The number of aliphatic hydroxyl groups excluding tert-OH is 1. The molecular formula is C11H11ClF3NO. The van der Waals surface area contributed by atoms with Gasteiger partial charge in [0.1, 0.15) is 10.8 Å². The quantitative estimate of drug-likeness (QED) is 0.848. The molecule has 0 aromatic carbocycles. The van der Waals surface area contributed by atoms with Crippen LogP contribution in [0, 0.1) is 5.92 Å². The first-order valence-corrected chi connectivity index (χ1v) is 5.67. The summed E-state index contributed by atoms with van der Waals surface area (Å²) in [7, 11) is 0. The summed E-state index contributed by atoms with van der Waals surface area (Å²) in [5.41, 5.74) is -0.767. The number of nitrogens with zero attached hydrogens (tertiary/aromatic N) is 1. The Morgan fingerprint density at radius 2 is 2.06 bits per heavy atom. The molecule has 0 saturated heterocycles. The van der Waals surface area contributed by atoms with Gasteiger partial charge >= 0.3 is 6.18 Å². The minimum atomic E-state index is -4.51. The molecule has 0 radical (unpaired) electrons. The second-order valence-corrected chi connectivity index (χ2v) is 4.63. The highest BCUT2D eigenvalue weighted by molar-refractivity contribution is 6.30. The van der Waals surface area contributed by atoms with E-state index < -0.39 is 18.0 Å². The van der Waals surface area contributed by atoms with Crippen molar-refractivity contribution in [1.29, 1.82) is 0 Å². The fourth-order valence-electron chi connectivity index (χ4n) is 1.65. The smallest absolute Gasteiger partial charge is 0.388 e. The molecule has 0 spiro atoms. The van der Waals surface area contributed by atoms with Crippen molar-refractivity contribution >= 4 is 11.6 Å². The summed E-state index contributed by atoms with van der Waals surface area (Å²) in [6, 6.07) is 2.04. The van der Waals surface area contributed by atoms with Gasteiger partial charge in [-0.25, -0.2) is 4.98 Å². The Kier molecular flexibility index (Phi) is 3.32. The summed E-state index contributed by atoms with van der Waals surface area (Å²) < 4.78 is 37.0. The van der Waals surface area contributed by atoms with Gasteiger partial charge in [0.2, 0.25) is 0 Å². The molecule has 1 atom stereocenters. The van der Waals surface area contributed by atoms with Crippen LogP contribution in [0.1, 0.15) is 36.6 Å². The van der Waals surface area contributed by atoms with Gasteiger partial charge < -0.3 is 5.11 Å². The van der Waals surface area contributed by atoms with Crippen LogP contribution < -0.4 is 0 Å². The number of aromatic nitrogens is 1. The predicted octanol–water partition coefficient (Wildman–Crippen LogP) is 3.59. The van der Waals surface area contributed by atoms with E-state index in [-0.39, 0.29) is 10.7 Å². The lowest BCUT2D eigenvalue weighted by Crippen LogP contribution is -2.10. The van der Waals surface area contributed by atoms with Gasteiger partial charge in [0, 0.05) is 5.56 Å². The lowest BCUT2D eigenvalue weighted by molar-refractivity contribution is -0.141. The molecule has 1 unspecified atom stereocenters. The van der Waals surface area contributed by atoms with Gasteiger partial charge in [-0.05, 0) is 18.4 Å². The zero-order chi connectivity index (χ0) is 12.6. The Labute approximate surface area is 101 Å². The third kappa shape index (κ3) is 3.10. The number of alkyl halides is 3. The number of hydrogen-bond acceptors (Lipinski definition) is 2. The van der Waals surface area contributed by atoms with Crippen molar-refractivity contribution in [2.24, 2.45) is 5.92 Å². The summed E-state index contributed by atoms with van der Waals surface area (Å²) in [5, 5.41) is 9.53. The fourth-order valence-corrected chi connectivity index (χ4v) is 1.93. The van der Waals surface area contributed by atoms with E-state index in [1.807, 2.05) is 0 Å². The highest BCUT2D eigenvalue weighted by Gasteiger charge is 2.33. The molecule has 17 heavy (non-hydrogen) atoms. The molecule has 0 amide bonds. The van der Waals surface area contributed by atoms with Gasteiger partial charge in [-0.2, -0.15) is 13.2 Å².